The third kappa shape index (κ3) is 3.49. The highest BCUT2D eigenvalue weighted by molar-refractivity contribution is 9.10. The minimum absolute atomic E-state index is 0.208. The summed E-state index contributed by atoms with van der Waals surface area (Å²) in [5.41, 5.74) is 2.99. The largest absolute Gasteiger partial charge is 0.497 e. The maximum Gasteiger partial charge on any atom is 0.256 e. The van der Waals surface area contributed by atoms with E-state index in [0.717, 1.165) is 22.0 Å². The zero-order valence-electron chi connectivity index (χ0n) is 13.2. The van der Waals surface area contributed by atoms with E-state index in [0.29, 0.717) is 15.8 Å². The van der Waals surface area contributed by atoms with Crippen LogP contribution in [0, 0.1) is 6.92 Å². The zero-order valence-corrected chi connectivity index (χ0v) is 15.6. The molecule has 1 amide bonds. The molecule has 0 unspecified atom stereocenters. The molecule has 4 nitrogen and oxygen atoms in total. The van der Waals surface area contributed by atoms with Gasteiger partial charge in [0.1, 0.15) is 5.75 Å². The maximum absolute atomic E-state index is 12.7. The second kappa shape index (κ2) is 7.15. The highest BCUT2D eigenvalue weighted by Gasteiger charge is 2.15. The van der Waals surface area contributed by atoms with Crippen molar-refractivity contribution in [3.63, 3.8) is 0 Å². The summed E-state index contributed by atoms with van der Waals surface area (Å²) in [6.45, 7) is 1.96. The van der Waals surface area contributed by atoms with E-state index in [4.69, 9.17) is 4.74 Å². The molecule has 0 fully saturated rings. The molecule has 1 aromatic heterocycles. The molecular weight excluding hydrogens is 388 g/mol. The number of benzene rings is 2. The second-order valence-electron chi connectivity index (χ2n) is 5.10. The minimum atomic E-state index is -0.208. The Bertz CT molecular complexity index is 892. The predicted octanol–water partition coefficient (Wildman–Crippen LogP) is 5.14. The van der Waals surface area contributed by atoms with Crippen LogP contribution in [0.1, 0.15) is 15.4 Å². The summed E-state index contributed by atoms with van der Waals surface area (Å²) in [6.07, 6.45) is 0. The van der Waals surface area contributed by atoms with Crippen LogP contribution in [0.25, 0.3) is 11.3 Å². The highest BCUT2D eigenvalue weighted by Crippen LogP contribution is 2.30. The van der Waals surface area contributed by atoms with Crippen LogP contribution in [-0.4, -0.2) is 18.0 Å². The number of halogens is 1. The van der Waals surface area contributed by atoms with Crippen LogP contribution in [0.3, 0.4) is 0 Å². The number of nitrogens with zero attached hydrogens (tertiary/aromatic N) is 1. The van der Waals surface area contributed by atoms with Crippen molar-refractivity contribution in [2.24, 2.45) is 0 Å². The lowest BCUT2D eigenvalue weighted by Crippen LogP contribution is -2.13. The molecule has 122 valence electrons. The number of rotatable bonds is 4. The van der Waals surface area contributed by atoms with Gasteiger partial charge in [-0.3, -0.25) is 4.79 Å². The Morgan fingerprint density at radius 2 is 2.04 bits per heavy atom. The molecule has 0 aliphatic heterocycles. The highest BCUT2D eigenvalue weighted by atomic mass is 79.9. The zero-order chi connectivity index (χ0) is 17.1. The van der Waals surface area contributed by atoms with Gasteiger partial charge in [0.05, 0.1) is 29.1 Å². The molecule has 1 heterocycles. The van der Waals surface area contributed by atoms with Gasteiger partial charge in [-0.25, -0.2) is 4.98 Å². The van der Waals surface area contributed by atoms with Crippen LogP contribution in [0.2, 0.25) is 0 Å². The first-order chi connectivity index (χ1) is 11.6. The van der Waals surface area contributed by atoms with Gasteiger partial charge in [-0.05, 0) is 47.1 Å². The van der Waals surface area contributed by atoms with Crippen molar-refractivity contribution in [3.05, 3.63) is 62.9 Å². The standard InChI is InChI=1S/C18H15BrN2O2S/c1-11-20-17(10-24-11)13-5-3-4-6-16(13)21-18(22)14-9-12(23-2)7-8-15(14)19/h3-10H,1-2H3,(H,21,22). The Kier molecular flexibility index (Phi) is 4.97. The number of anilines is 1. The fraction of sp³-hybridized carbons (Fsp3) is 0.111. The van der Waals surface area contributed by atoms with Gasteiger partial charge in [0.15, 0.2) is 0 Å². The molecule has 0 saturated carbocycles. The van der Waals surface area contributed by atoms with Crippen molar-refractivity contribution in [2.75, 3.05) is 12.4 Å². The average Bonchev–Trinajstić information content (AvgIpc) is 3.02. The Balaban J connectivity index is 1.93. The van der Waals surface area contributed by atoms with Crippen LogP contribution < -0.4 is 10.1 Å². The lowest BCUT2D eigenvalue weighted by atomic mass is 10.1. The number of hydrogen-bond donors (Lipinski definition) is 1. The number of para-hydroxylation sites is 1. The number of aryl methyl sites for hydroxylation is 1. The molecule has 0 saturated heterocycles. The third-order valence-electron chi connectivity index (χ3n) is 3.49. The maximum atomic E-state index is 12.7. The van der Waals surface area contributed by atoms with Gasteiger partial charge in [-0.1, -0.05) is 18.2 Å². The fourth-order valence-electron chi connectivity index (χ4n) is 2.30. The summed E-state index contributed by atoms with van der Waals surface area (Å²) in [5.74, 6) is 0.423. The van der Waals surface area contributed by atoms with E-state index >= 15 is 0 Å². The van der Waals surface area contributed by atoms with Gasteiger partial charge in [-0.15, -0.1) is 11.3 Å². The molecule has 3 aromatic rings. The number of nitrogens with one attached hydrogen (secondary N) is 1. The second-order valence-corrected chi connectivity index (χ2v) is 7.01. The van der Waals surface area contributed by atoms with Crippen molar-refractivity contribution < 1.29 is 9.53 Å². The fourth-order valence-corrected chi connectivity index (χ4v) is 3.34. The number of amides is 1. The quantitative estimate of drug-likeness (QED) is 0.656. The Labute approximate surface area is 152 Å². The summed E-state index contributed by atoms with van der Waals surface area (Å²) in [7, 11) is 1.57. The minimum Gasteiger partial charge on any atom is -0.497 e. The van der Waals surface area contributed by atoms with Crippen molar-refractivity contribution >= 4 is 38.9 Å². The van der Waals surface area contributed by atoms with E-state index in [2.05, 4.69) is 26.2 Å². The molecule has 0 spiro atoms. The Morgan fingerprint density at radius 3 is 2.75 bits per heavy atom. The predicted molar refractivity (Wildman–Crippen MR) is 101 cm³/mol. The molecule has 0 aliphatic rings. The third-order valence-corrected chi connectivity index (χ3v) is 4.95. The average molecular weight is 403 g/mol. The summed E-state index contributed by atoms with van der Waals surface area (Å²) in [4.78, 5) is 17.2. The molecule has 0 atom stereocenters. The monoisotopic (exact) mass is 402 g/mol. The van der Waals surface area contributed by atoms with Gasteiger partial charge in [-0.2, -0.15) is 0 Å². The summed E-state index contributed by atoms with van der Waals surface area (Å²) in [6, 6.07) is 12.9. The molecule has 1 N–H and O–H groups in total. The van der Waals surface area contributed by atoms with Gasteiger partial charge in [0.2, 0.25) is 0 Å². The number of ether oxygens (including phenoxy) is 1. The number of methoxy groups -OCH3 is 1. The van der Waals surface area contributed by atoms with E-state index in [1.807, 2.05) is 36.6 Å². The molecule has 0 bridgehead atoms. The number of carbonyl (C=O) groups excluding carboxylic acids is 1. The van der Waals surface area contributed by atoms with Crippen LogP contribution in [-0.2, 0) is 0 Å². The normalized spacial score (nSPS) is 10.5. The molecule has 6 heteroatoms. The first-order valence-electron chi connectivity index (χ1n) is 7.25. The number of carbonyl (C=O) groups is 1. The smallest absolute Gasteiger partial charge is 0.256 e. The van der Waals surface area contributed by atoms with E-state index < -0.39 is 0 Å². The van der Waals surface area contributed by atoms with Crippen LogP contribution in [0.15, 0.2) is 52.3 Å². The van der Waals surface area contributed by atoms with Crippen LogP contribution in [0.5, 0.6) is 5.75 Å². The number of hydrogen-bond acceptors (Lipinski definition) is 4. The molecule has 0 radical (unpaired) electrons. The number of aromatic nitrogens is 1. The van der Waals surface area contributed by atoms with Gasteiger partial charge < -0.3 is 10.1 Å². The van der Waals surface area contributed by atoms with E-state index in [1.165, 1.54) is 0 Å². The lowest BCUT2D eigenvalue weighted by molar-refractivity contribution is 0.102. The van der Waals surface area contributed by atoms with Crippen molar-refractivity contribution in [2.45, 2.75) is 6.92 Å². The summed E-state index contributed by atoms with van der Waals surface area (Å²) in [5, 5.41) is 5.94. The summed E-state index contributed by atoms with van der Waals surface area (Å²) < 4.78 is 5.91. The molecule has 2 aromatic carbocycles. The van der Waals surface area contributed by atoms with Gasteiger partial charge in [0.25, 0.3) is 5.91 Å². The van der Waals surface area contributed by atoms with Crippen LogP contribution >= 0.6 is 27.3 Å². The molecular formula is C18H15BrN2O2S. The molecule has 3 rings (SSSR count). The van der Waals surface area contributed by atoms with Crippen molar-refractivity contribution in [1.29, 1.82) is 0 Å². The van der Waals surface area contributed by atoms with Crippen molar-refractivity contribution in [3.8, 4) is 17.0 Å². The summed E-state index contributed by atoms with van der Waals surface area (Å²) >= 11 is 5.00. The van der Waals surface area contributed by atoms with Gasteiger partial charge >= 0.3 is 0 Å². The van der Waals surface area contributed by atoms with E-state index in [-0.39, 0.29) is 5.91 Å². The van der Waals surface area contributed by atoms with E-state index in [1.54, 1.807) is 36.6 Å². The van der Waals surface area contributed by atoms with Crippen molar-refractivity contribution in [1.82, 2.24) is 4.98 Å². The first-order valence-corrected chi connectivity index (χ1v) is 8.92. The Morgan fingerprint density at radius 1 is 1.25 bits per heavy atom. The number of thiazole rings is 1. The lowest BCUT2D eigenvalue weighted by Gasteiger charge is -2.11. The Hall–Kier alpha value is -2.18. The topological polar surface area (TPSA) is 51.2 Å². The molecule has 24 heavy (non-hydrogen) atoms. The van der Waals surface area contributed by atoms with E-state index in [9.17, 15) is 4.79 Å². The molecule has 0 aliphatic carbocycles. The first kappa shape index (κ1) is 16.7. The van der Waals surface area contributed by atoms with Gasteiger partial charge in [0, 0.05) is 15.4 Å². The SMILES string of the molecule is COc1ccc(Br)c(C(=O)Nc2ccccc2-c2csc(C)n2)c1. The van der Waals surface area contributed by atoms with Crippen LogP contribution in [0.4, 0.5) is 5.69 Å².